The van der Waals surface area contributed by atoms with E-state index in [1.54, 1.807) is 7.11 Å². The van der Waals surface area contributed by atoms with Gasteiger partial charge in [0.05, 0.1) is 13.7 Å². The highest BCUT2D eigenvalue weighted by Crippen LogP contribution is 2.23. The van der Waals surface area contributed by atoms with Gasteiger partial charge in [0.2, 0.25) is 5.91 Å². The molecule has 28 heavy (non-hydrogen) atoms. The summed E-state index contributed by atoms with van der Waals surface area (Å²) in [6.07, 6.45) is 1.34. The minimum absolute atomic E-state index is 0.291. The molecule has 0 bridgehead atoms. The maximum Gasteiger partial charge on any atom is 0.236 e. The molecule has 0 N–H and O–H groups in total. The zero-order valence-electron chi connectivity index (χ0n) is 16.9. The Kier molecular flexibility index (Phi) is 6.65. The van der Waals surface area contributed by atoms with Crippen molar-refractivity contribution >= 4 is 23.4 Å². The number of rotatable bonds is 5. The van der Waals surface area contributed by atoms with Crippen molar-refractivity contribution in [3.05, 3.63) is 24.3 Å². The molecule has 3 aliphatic rings. The molecule has 0 aromatic heterocycles. The van der Waals surface area contributed by atoms with Crippen molar-refractivity contribution in [2.45, 2.75) is 12.5 Å². The van der Waals surface area contributed by atoms with Crippen LogP contribution in [0.1, 0.15) is 6.42 Å². The Morgan fingerprint density at radius 1 is 1.04 bits per heavy atom. The molecule has 1 atom stereocenters. The van der Waals surface area contributed by atoms with Crippen molar-refractivity contribution in [1.29, 1.82) is 0 Å². The number of hydrogen-bond donors (Lipinski definition) is 0. The largest absolute Gasteiger partial charge is 0.497 e. The second-order valence-electron chi connectivity index (χ2n) is 7.90. The molecule has 7 heteroatoms. The molecule has 3 saturated heterocycles. The highest BCUT2D eigenvalue weighted by atomic mass is 32.2. The Hall–Kier alpha value is -1.44. The lowest BCUT2D eigenvalue weighted by Crippen LogP contribution is -2.55. The second kappa shape index (κ2) is 9.37. The van der Waals surface area contributed by atoms with E-state index in [-0.39, 0.29) is 0 Å². The Morgan fingerprint density at radius 3 is 2.36 bits per heavy atom. The lowest BCUT2D eigenvalue weighted by atomic mass is 10.2. The van der Waals surface area contributed by atoms with Gasteiger partial charge < -0.3 is 14.5 Å². The normalized spacial score (nSPS) is 24.5. The van der Waals surface area contributed by atoms with E-state index in [9.17, 15) is 4.79 Å². The standard InChI is InChI=1S/C21H32N4O2S/c1-27-20-4-2-18(3-5-20)23-11-13-25(14-12-23)21(26)16-22-7-9-24(10-8-22)19-6-15-28-17-19/h2-5,19H,6-17H2,1H3. The van der Waals surface area contributed by atoms with E-state index in [1.165, 1.54) is 23.6 Å². The maximum atomic E-state index is 12.8. The van der Waals surface area contributed by atoms with Crippen molar-refractivity contribution in [2.75, 3.05) is 82.4 Å². The monoisotopic (exact) mass is 404 g/mol. The van der Waals surface area contributed by atoms with E-state index in [4.69, 9.17) is 4.74 Å². The molecule has 6 nitrogen and oxygen atoms in total. The second-order valence-corrected chi connectivity index (χ2v) is 9.05. The van der Waals surface area contributed by atoms with Crippen LogP contribution >= 0.6 is 11.8 Å². The van der Waals surface area contributed by atoms with Crippen LogP contribution in [0.15, 0.2) is 24.3 Å². The molecule has 1 aromatic carbocycles. The summed E-state index contributed by atoms with van der Waals surface area (Å²) in [6.45, 7) is 8.27. The maximum absolute atomic E-state index is 12.8. The lowest BCUT2D eigenvalue weighted by Gasteiger charge is -2.40. The highest BCUT2D eigenvalue weighted by Gasteiger charge is 2.28. The number of anilines is 1. The number of carbonyl (C=O) groups is 1. The van der Waals surface area contributed by atoms with E-state index in [0.717, 1.165) is 64.1 Å². The smallest absolute Gasteiger partial charge is 0.236 e. The van der Waals surface area contributed by atoms with Crippen molar-refractivity contribution in [1.82, 2.24) is 14.7 Å². The van der Waals surface area contributed by atoms with Crippen LogP contribution in [-0.2, 0) is 4.79 Å². The number of amides is 1. The van der Waals surface area contributed by atoms with Crippen LogP contribution in [0.25, 0.3) is 0 Å². The Labute approximate surface area is 172 Å². The minimum Gasteiger partial charge on any atom is -0.497 e. The van der Waals surface area contributed by atoms with Gasteiger partial charge in [-0.1, -0.05) is 0 Å². The fraction of sp³-hybridized carbons (Fsp3) is 0.667. The number of nitrogens with zero attached hydrogens (tertiary/aromatic N) is 4. The molecule has 3 heterocycles. The molecule has 0 aliphatic carbocycles. The molecular formula is C21H32N4O2S. The van der Waals surface area contributed by atoms with Crippen molar-refractivity contribution < 1.29 is 9.53 Å². The van der Waals surface area contributed by atoms with E-state index >= 15 is 0 Å². The third-order valence-electron chi connectivity index (χ3n) is 6.26. The van der Waals surface area contributed by atoms with Crippen LogP contribution in [0.5, 0.6) is 5.75 Å². The summed E-state index contributed by atoms with van der Waals surface area (Å²) in [6, 6.07) is 8.96. The lowest BCUT2D eigenvalue weighted by molar-refractivity contribution is -0.133. The van der Waals surface area contributed by atoms with Gasteiger partial charge in [-0.2, -0.15) is 11.8 Å². The number of thioether (sulfide) groups is 1. The molecule has 4 rings (SSSR count). The number of methoxy groups -OCH3 is 1. The van der Waals surface area contributed by atoms with Gasteiger partial charge in [-0.05, 0) is 36.4 Å². The molecule has 3 fully saturated rings. The van der Waals surface area contributed by atoms with Crippen LogP contribution in [0.2, 0.25) is 0 Å². The molecule has 1 aromatic rings. The predicted octanol–water partition coefficient (Wildman–Crippen LogP) is 1.47. The summed E-state index contributed by atoms with van der Waals surface area (Å²) in [5, 5.41) is 0. The summed E-state index contributed by atoms with van der Waals surface area (Å²) >= 11 is 2.08. The van der Waals surface area contributed by atoms with Gasteiger partial charge >= 0.3 is 0 Å². The number of piperazine rings is 2. The van der Waals surface area contributed by atoms with Gasteiger partial charge in [-0.3, -0.25) is 14.6 Å². The molecular weight excluding hydrogens is 372 g/mol. The first kappa shape index (κ1) is 19.9. The molecule has 0 saturated carbocycles. The van der Waals surface area contributed by atoms with Gasteiger partial charge in [0, 0.05) is 69.8 Å². The first-order chi connectivity index (χ1) is 13.7. The summed E-state index contributed by atoms with van der Waals surface area (Å²) in [7, 11) is 1.69. The van der Waals surface area contributed by atoms with Crippen molar-refractivity contribution in [3.8, 4) is 5.75 Å². The van der Waals surface area contributed by atoms with Crippen molar-refractivity contribution in [2.24, 2.45) is 0 Å². The first-order valence-electron chi connectivity index (χ1n) is 10.4. The fourth-order valence-corrected chi connectivity index (χ4v) is 5.65. The molecule has 3 aliphatic heterocycles. The average Bonchev–Trinajstić information content (AvgIpc) is 3.29. The quantitative estimate of drug-likeness (QED) is 0.740. The van der Waals surface area contributed by atoms with Gasteiger partial charge in [-0.15, -0.1) is 0 Å². The van der Waals surface area contributed by atoms with Gasteiger partial charge in [0.1, 0.15) is 5.75 Å². The van der Waals surface area contributed by atoms with Crippen LogP contribution in [0.4, 0.5) is 5.69 Å². The summed E-state index contributed by atoms with van der Waals surface area (Å²) in [5.41, 5.74) is 1.20. The van der Waals surface area contributed by atoms with E-state index in [0.29, 0.717) is 12.5 Å². The average molecular weight is 405 g/mol. The number of carbonyl (C=O) groups excluding carboxylic acids is 1. The molecule has 1 amide bonds. The summed E-state index contributed by atoms with van der Waals surface area (Å²) < 4.78 is 5.23. The molecule has 0 spiro atoms. The SMILES string of the molecule is COc1ccc(N2CCN(C(=O)CN3CCN(C4CCSC4)CC3)CC2)cc1. The predicted molar refractivity (Wildman–Crippen MR) is 116 cm³/mol. The number of benzene rings is 1. The summed E-state index contributed by atoms with van der Waals surface area (Å²) in [4.78, 5) is 22.1. The minimum atomic E-state index is 0.291. The first-order valence-corrected chi connectivity index (χ1v) is 11.6. The van der Waals surface area contributed by atoms with Crippen LogP contribution in [-0.4, -0.2) is 104 Å². The van der Waals surface area contributed by atoms with Gasteiger partial charge in [0.15, 0.2) is 0 Å². The van der Waals surface area contributed by atoms with Crippen molar-refractivity contribution in [3.63, 3.8) is 0 Å². The fourth-order valence-electron chi connectivity index (χ4n) is 4.40. The van der Waals surface area contributed by atoms with Gasteiger partial charge in [0.25, 0.3) is 0 Å². The molecule has 1 unspecified atom stereocenters. The summed E-state index contributed by atoms with van der Waals surface area (Å²) in [5.74, 6) is 3.77. The zero-order chi connectivity index (χ0) is 19.3. The highest BCUT2D eigenvalue weighted by molar-refractivity contribution is 7.99. The molecule has 0 radical (unpaired) electrons. The van der Waals surface area contributed by atoms with Crippen LogP contribution in [0.3, 0.4) is 0 Å². The molecule has 154 valence electrons. The Bertz CT molecular complexity index is 634. The van der Waals surface area contributed by atoms with Crippen LogP contribution in [0, 0.1) is 0 Å². The Morgan fingerprint density at radius 2 is 1.75 bits per heavy atom. The Balaban J connectivity index is 1.20. The topological polar surface area (TPSA) is 39.3 Å². The third-order valence-corrected chi connectivity index (χ3v) is 7.40. The number of ether oxygens (including phenoxy) is 1. The van der Waals surface area contributed by atoms with E-state index in [1.807, 2.05) is 17.0 Å². The van der Waals surface area contributed by atoms with E-state index < -0.39 is 0 Å². The zero-order valence-corrected chi connectivity index (χ0v) is 17.7. The third kappa shape index (κ3) is 4.75. The number of hydrogen-bond acceptors (Lipinski definition) is 6. The van der Waals surface area contributed by atoms with E-state index in [2.05, 4.69) is 38.6 Å². The van der Waals surface area contributed by atoms with Crippen LogP contribution < -0.4 is 9.64 Å². The van der Waals surface area contributed by atoms with Gasteiger partial charge in [-0.25, -0.2) is 0 Å².